The molecule has 1 aliphatic carbocycles. The maximum absolute atomic E-state index is 5.42. The maximum atomic E-state index is 5.42. The lowest BCUT2D eigenvalue weighted by molar-refractivity contribution is 0.0583. The van der Waals surface area contributed by atoms with Crippen LogP contribution in [0.25, 0.3) is 0 Å². The van der Waals surface area contributed by atoms with Crippen LogP contribution in [0.1, 0.15) is 46.5 Å². The molecule has 1 saturated carbocycles. The van der Waals surface area contributed by atoms with E-state index in [4.69, 9.17) is 4.74 Å². The second kappa shape index (κ2) is 8.93. The van der Waals surface area contributed by atoms with Gasteiger partial charge in [0.2, 0.25) is 0 Å². The van der Waals surface area contributed by atoms with E-state index in [1.54, 1.807) is 0 Å². The van der Waals surface area contributed by atoms with Crippen molar-refractivity contribution in [3.63, 3.8) is 0 Å². The van der Waals surface area contributed by atoms with Crippen LogP contribution in [0.15, 0.2) is 0 Å². The number of methoxy groups -OCH3 is 1. The molecule has 0 aliphatic heterocycles. The van der Waals surface area contributed by atoms with Crippen LogP contribution in [0, 0.1) is 11.8 Å². The molecule has 0 heterocycles. The quantitative estimate of drug-likeness (QED) is 0.734. The Morgan fingerprint density at radius 2 is 2.00 bits per heavy atom. The number of hydrogen-bond acceptors (Lipinski definition) is 3. The van der Waals surface area contributed by atoms with Crippen LogP contribution in [0.2, 0.25) is 0 Å². The lowest BCUT2D eigenvalue weighted by Crippen LogP contribution is -2.49. The van der Waals surface area contributed by atoms with E-state index in [1.807, 2.05) is 7.11 Å². The number of likely N-dealkylation sites (N-methyl/N-ethyl adjacent to an activating group) is 1. The molecule has 1 rings (SSSR count). The van der Waals surface area contributed by atoms with Crippen LogP contribution in [-0.4, -0.2) is 50.8 Å². The summed E-state index contributed by atoms with van der Waals surface area (Å²) < 4.78 is 5.42. The third-order valence-electron chi connectivity index (χ3n) is 4.35. The molecule has 1 fully saturated rings. The van der Waals surface area contributed by atoms with Gasteiger partial charge in [-0.15, -0.1) is 0 Å². The molecule has 0 radical (unpaired) electrons. The van der Waals surface area contributed by atoms with Crippen LogP contribution in [-0.2, 0) is 4.74 Å². The fourth-order valence-corrected chi connectivity index (χ4v) is 3.12. The lowest BCUT2D eigenvalue weighted by atomic mass is 9.86. The summed E-state index contributed by atoms with van der Waals surface area (Å²) in [5, 5.41) is 3.58. The van der Waals surface area contributed by atoms with Gasteiger partial charge in [-0.3, -0.25) is 4.90 Å². The molecule has 19 heavy (non-hydrogen) atoms. The van der Waals surface area contributed by atoms with Gasteiger partial charge in [0.25, 0.3) is 0 Å². The van der Waals surface area contributed by atoms with Crippen molar-refractivity contribution < 1.29 is 4.74 Å². The van der Waals surface area contributed by atoms with E-state index in [-0.39, 0.29) is 0 Å². The fourth-order valence-electron chi connectivity index (χ4n) is 3.12. The van der Waals surface area contributed by atoms with Crippen molar-refractivity contribution in [2.75, 3.05) is 33.9 Å². The van der Waals surface area contributed by atoms with Gasteiger partial charge in [-0.05, 0) is 38.3 Å². The Bertz CT molecular complexity index is 233. The van der Waals surface area contributed by atoms with E-state index in [9.17, 15) is 0 Å². The van der Waals surface area contributed by atoms with Gasteiger partial charge < -0.3 is 10.1 Å². The van der Waals surface area contributed by atoms with Crippen molar-refractivity contribution >= 4 is 0 Å². The number of ether oxygens (including phenoxy) is 1. The molecule has 0 aromatic rings. The Balaban J connectivity index is 2.43. The molecule has 3 heteroatoms. The first-order valence-electron chi connectivity index (χ1n) is 7.96. The first kappa shape index (κ1) is 16.9. The number of nitrogens with one attached hydrogen (secondary N) is 1. The van der Waals surface area contributed by atoms with Crippen LogP contribution < -0.4 is 5.32 Å². The van der Waals surface area contributed by atoms with Crippen LogP contribution in [0.3, 0.4) is 0 Å². The van der Waals surface area contributed by atoms with E-state index < -0.39 is 0 Å². The zero-order chi connectivity index (χ0) is 14.3. The fraction of sp³-hybridized carbons (Fsp3) is 1.00. The minimum absolute atomic E-state index is 0.499. The highest BCUT2D eigenvalue weighted by atomic mass is 16.5. The van der Waals surface area contributed by atoms with Crippen LogP contribution in [0.4, 0.5) is 0 Å². The summed E-state index contributed by atoms with van der Waals surface area (Å²) >= 11 is 0. The summed E-state index contributed by atoms with van der Waals surface area (Å²) in [6.45, 7) is 9.85. The van der Waals surface area contributed by atoms with Crippen LogP contribution >= 0.6 is 0 Å². The Labute approximate surface area is 120 Å². The van der Waals surface area contributed by atoms with E-state index in [0.29, 0.717) is 12.0 Å². The minimum Gasteiger partial charge on any atom is -0.383 e. The molecular weight excluding hydrogens is 236 g/mol. The molecular formula is C16H34N2O. The van der Waals surface area contributed by atoms with Crippen molar-refractivity contribution in [1.29, 1.82) is 0 Å². The molecule has 3 atom stereocenters. The standard InChI is InChI=1S/C16H34N2O/c1-13(2)10-17-11-16(12-19-5)18(4)15-8-6-7-14(3)9-15/h13-17H,6-12H2,1-5H3. The monoisotopic (exact) mass is 270 g/mol. The molecule has 3 nitrogen and oxygen atoms in total. The molecule has 0 aromatic heterocycles. The second-order valence-electron chi connectivity index (χ2n) is 6.75. The van der Waals surface area contributed by atoms with Gasteiger partial charge in [-0.2, -0.15) is 0 Å². The van der Waals surface area contributed by atoms with Gasteiger partial charge in [0.1, 0.15) is 0 Å². The lowest BCUT2D eigenvalue weighted by Gasteiger charge is -2.39. The van der Waals surface area contributed by atoms with Gasteiger partial charge in [0, 0.05) is 25.7 Å². The molecule has 0 bridgehead atoms. The van der Waals surface area contributed by atoms with E-state index >= 15 is 0 Å². The van der Waals surface area contributed by atoms with Gasteiger partial charge in [0.15, 0.2) is 0 Å². The maximum Gasteiger partial charge on any atom is 0.0630 e. The molecule has 0 amide bonds. The Kier molecular flexibility index (Phi) is 7.96. The highest BCUT2D eigenvalue weighted by Crippen LogP contribution is 2.27. The Morgan fingerprint density at radius 3 is 2.58 bits per heavy atom. The van der Waals surface area contributed by atoms with Crippen molar-refractivity contribution in [2.24, 2.45) is 11.8 Å². The average Bonchev–Trinajstić information content (AvgIpc) is 2.36. The van der Waals surface area contributed by atoms with Gasteiger partial charge in [-0.1, -0.05) is 33.6 Å². The smallest absolute Gasteiger partial charge is 0.0630 e. The predicted molar refractivity (Wildman–Crippen MR) is 82.6 cm³/mol. The van der Waals surface area contributed by atoms with Crippen molar-refractivity contribution in [3.05, 3.63) is 0 Å². The summed E-state index contributed by atoms with van der Waals surface area (Å²) in [5.41, 5.74) is 0. The normalized spacial score (nSPS) is 26.1. The largest absolute Gasteiger partial charge is 0.383 e. The number of hydrogen-bond donors (Lipinski definition) is 1. The summed E-state index contributed by atoms with van der Waals surface area (Å²) in [7, 11) is 4.09. The zero-order valence-corrected chi connectivity index (χ0v) is 13.6. The second-order valence-corrected chi connectivity index (χ2v) is 6.75. The molecule has 1 N–H and O–H groups in total. The van der Waals surface area contributed by atoms with Crippen LogP contribution in [0.5, 0.6) is 0 Å². The average molecular weight is 270 g/mol. The van der Waals surface area contributed by atoms with Gasteiger partial charge >= 0.3 is 0 Å². The zero-order valence-electron chi connectivity index (χ0n) is 13.6. The molecule has 3 unspecified atom stereocenters. The first-order chi connectivity index (χ1) is 9.04. The summed E-state index contributed by atoms with van der Waals surface area (Å²) in [6.07, 6.45) is 5.49. The summed E-state index contributed by atoms with van der Waals surface area (Å²) in [5.74, 6) is 1.59. The first-order valence-corrected chi connectivity index (χ1v) is 7.96. The highest BCUT2D eigenvalue weighted by molar-refractivity contribution is 4.82. The van der Waals surface area contributed by atoms with Crippen molar-refractivity contribution in [3.8, 4) is 0 Å². The van der Waals surface area contributed by atoms with Gasteiger partial charge in [-0.25, -0.2) is 0 Å². The highest BCUT2D eigenvalue weighted by Gasteiger charge is 2.26. The third-order valence-corrected chi connectivity index (χ3v) is 4.35. The van der Waals surface area contributed by atoms with Gasteiger partial charge in [0.05, 0.1) is 6.61 Å². The topological polar surface area (TPSA) is 24.5 Å². The SMILES string of the molecule is COCC(CNCC(C)C)N(C)C1CCCC(C)C1. The van der Waals surface area contributed by atoms with Crippen molar-refractivity contribution in [2.45, 2.75) is 58.5 Å². The molecule has 1 aliphatic rings. The third kappa shape index (κ3) is 6.24. The number of nitrogens with zero attached hydrogens (tertiary/aromatic N) is 1. The molecule has 0 aromatic carbocycles. The minimum atomic E-state index is 0.499. The van der Waals surface area contributed by atoms with E-state index in [0.717, 1.165) is 31.7 Å². The summed E-state index contributed by atoms with van der Waals surface area (Å²) in [4.78, 5) is 2.56. The number of rotatable bonds is 8. The molecule has 0 saturated heterocycles. The Morgan fingerprint density at radius 1 is 1.26 bits per heavy atom. The Hall–Kier alpha value is -0.120. The van der Waals surface area contributed by atoms with E-state index in [2.05, 4.69) is 38.0 Å². The van der Waals surface area contributed by atoms with Crippen molar-refractivity contribution in [1.82, 2.24) is 10.2 Å². The van der Waals surface area contributed by atoms with E-state index in [1.165, 1.54) is 25.7 Å². The summed E-state index contributed by atoms with van der Waals surface area (Å²) in [6, 6.07) is 1.24. The molecule has 114 valence electrons. The molecule has 0 spiro atoms. The predicted octanol–water partition coefficient (Wildman–Crippen LogP) is 2.76.